The number of nitrogens with zero attached hydrogens (tertiary/aromatic N) is 4. The lowest BCUT2D eigenvalue weighted by Crippen LogP contribution is -2.45. The van der Waals surface area contributed by atoms with Crippen LogP contribution in [0.25, 0.3) is 11.0 Å². The van der Waals surface area contributed by atoms with Gasteiger partial charge in [0.1, 0.15) is 0 Å². The lowest BCUT2D eigenvalue weighted by molar-refractivity contribution is -0.187. The van der Waals surface area contributed by atoms with Crippen LogP contribution < -0.4 is 0 Å². The van der Waals surface area contributed by atoms with Crippen molar-refractivity contribution >= 4 is 23.3 Å². The minimum absolute atomic E-state index is 0.343. The van der Waals surface area contributed by atoms with Crippen molar-refractivity contribution < 1.29 is 18.9 Å². The summed E-state index contributed by atoms with van der Waals surface area (Å²) in [5, 5.41) is 0. The first-order valence-electron chi connectivity index (χ1n) is 11.8. The van der Waals surface area contributed by atoms with E-state index in [-0.39, 0.29) is 11.6 Å². The number of fused-ring (bicyclic) bond motifs is 1. The fraction of sp³-hybridized carbons (Fsp3) is 0.696. The molecule has 2 aromatic rings. The zero-order chi connectivity index (χ0) is 21.6. The van der Waals surface area contributed by atoms with Gasteiger partial charge in [0.15, 0.2) is 16.3 Å². The Hall–Kier alpha value is -1.33. The molecule has 0 amide bonds. The fourth-order valence-electron chi connectivity index (χ4n) is 5.59. The van der Waals surface area contributed by atoms with Crippen LogP contribution in [0.5, 0.6) is 0 Å². The van der Waals surface area contributed by atoms with Gasteiger partial charge in [0, 0.05) is 51.9 Å². The maximum absolute atomic E-state index is 6.01. The molecule has 0 aliphatic carbocycles. The number of benzene rings is 1. The zero-order valence-electron chi connectivity index (χ0n) is 18.5. The molecule has 1 aromatic carbocycles. The van der Waals surface area contributed by atoms with Crippen LogP contribution in [0.3, 0.4) is 0 Å². The maximum atomic E-state index is 6.01. The summed E-state index contributed by atoms with van der Waals surface area (Å²) in [5.74, 6) is -0.686. The molecule has 4 aliphatic rings. The number of aromatic nitrogens is 2. The number of hydrogen-bond donors (Lipinski definition) is 0. The molecule has 0 radical (unpaired) electrons. The predicted octanol–water partition coefficient (Wildman–Crippen LogP) is 2.77. The van der Waals surface area contributed by atoms with Crippen LogP contribution >= 0.6 is 12.2 Å². The van der Waals surface area contributed by atoms with E-state index in [2.05, 4.69) is 43.2 Å². The van der Waals surface area contributed by atoms with E-state index in [9.17, 15) is 0 Å². The molecule has 174 valence electrons. The van der Waals surface area contributed by atoms with E-state index in [0.29, 0.717) is 26.4 Å². The molecule has 9 heteroatoms. The van der Waals surface area contributed by atoms with Gasteiger partial charge in [0.2, 0.25) is 0 Å². The quantitative estimate of drug-likeness (QED) is 0.651. The van der Waals surface area contributed by atoms with Gasteiger partial charge >= 0.3 is 0 Å². The van der Waals surface area contributed by atoms with Crippen molar-refractivity contribution in [2.45, 2.75) is 50.6 Å². The number of imidazole rings is 1. The van der Waals surface area contributed by atoms with E-state index in [4.69, 9.17) is 31.2 Å². The van der Waals surface area contributed by atoms with Crippen molar-refractivity contribution in [1.29, 1.82) is 0 Å². The van der Waals surface area contributed by atoms with Crippen LogP contribution in [0.4, 0.5) is 0 Å². The van der Waals surface area contributed by atoms with Crippen molar-refractivity contribution in [2.75, 3.05) is 52.6 Å². The van der Waals surface area contributed by atoms with Crippen molar-refractivity contribution in [3.8, 4) is 0 Å². The number of likely N-dealkylation sites (tertiary alicyclic amines) is 2. The first kappa shape index (κ1) is 21.2. The van der Waals surface area contributed by atoms with Crippen LogP contribution in [-0.2, 0) is 32.3 Å². The van der Waals surface area contributed by atoms with E-state index in [1.54, 1.807) is 0 Å². The van der Waals surface area contributed by atoms with Crippen LogP contribution in [-0.4, -0.2) is 83.1 Å². The Kier molecular flexibility index (Phi) is 5.61. The highest BCUT2D eigenvalue weighted by Gasteiger charge is 2.41. The van der Waals surface area contributed by atoms with Crippen LogP contribution in [0, 0.1) is 4.77 Å². The second kappa shape index (κ2) is 8.47. The van der Waals surface area contributed by atoms with Crippen LogP contribution in [0.1, 0.15) is 25.7 Å². The lowest BCUT2D eigenvalue weighted by Gasteiger charge is -2.38. The van der Waals surface area contributed by atoms with Crippen molar-refractivity contribution in [3.05, 3.63) is 29.0 Å². The van der Waals surface area contributed by atoms with E-state index in [0.717, 1.165) is 70.0 Å². The Bertz CT molecular complexity index is 927. The molecule has 4 aliphatic heterocycles. The van der Waals surface area contributed by atoms with E-state index >= 15 is 0 Å². The Balaban J connectivity index is 1.18. The van der Waals surface area contributed by atoms with E-state index in [1.165, 1.54) is 11.0 Å². The van der Waals surface area contributed by atoms with Crippen molar-refractivity contribution in [2.24, 2.45) is 0 Å². The number of para-hydroxylation sites is 2. The molecule has 0 N–H and O–H groups in total. The molecule has 8 nitrogen and oxygen atoms in total. The predicted molar refractivity (Wildman–Crippen MR) is 122 cm³/mol. The molecule has 32 heavy (non-hydrogen) atoms. The largest absolute Gasteiger partial charge is 0.347 e. The van der Waals surface area contributed by atoms with E-state index in [1.807, 2.05) is 0 Å². The molecule has 1 aromatic heterocycles. The van der Waals surface area contributed by atoms with Gasteiger partial charge < -0.3 is 28.1 Å². The minimum Gasteiger partial charge on any atom is -0.347 e. The van der Waals surface area contributed by atoms with Gasteiger partial charge in [-0.2, -0.15) is 0 Å². The van der Waals surface area contributed by atoms with Gasteiger partial charge in [-0.25, -0.2) is 0 Å². The van der Waals surface area contributed by atoms with Gasteiger partial charge in [0.05, 0.1) is 50.8 Å². The molecule has 0 bridgehead atoms. The summed E-state index contributed by atoms with van der Waals surface area (Å²) in [6.07, 6.45) is 3.66. The SMILES string of the molecule is S=c1n(CN2CCC3(CC2)OCCO3)c2ccccc2n1CN1CCC2(CC1)OCCO2. The summed E-state index contributed by atoms with van der Waals surface area (Å²) in [7, 11) is 0. The molecular formula is C23H32N4O4S. The van der Waals surface area contributed by atoms with Gasteiger partial charge in [-0.3, -0.25) is 9.80 Å². The number of hydrogen-bond acceptors (Lipinski definition) is 7. The minimum atomic E-state index is -0.343. The molecule has 0 unspecified atom stereocenters. The molecule has 5 heterocycles. The summed E-state index contributed by atoms with van der Waals surface area (Å²) in [4.78, 5) is 4.92. The Labute approximate surface area is 193 Å². The maximum Gasteiger partial charge on any atom is 0.183 e. The summed E-state index contributed by atoms with van der Waals surface area (Å²) in [6.45, 7) is 8.28. The second-order valence-corrected chi connectivity index (χ2v) is 9.73. The van der Waals surface area contributed by atoms with Gasteiger partial charge in [-0.1, -0.05) is 12.1 Å². The van der Waals surface area contributed by atoms with Crippen LogP contribution in [0.2, 0.25) is 0 Å². The molecule has 0 atom stereocenters. The second-order valence-electron chi connectivity index (χ2n) is 9.36. The summed E-state index contributed by atoms with van der Waals surface area (Å²) < 4.78 is 29.0. The molecule has 0 saturated carbocycles. The molecule has 4 saturated heterocycles. The van der Waals surface area contributed by atoms with Gasteiger partial charge in [0.25, 0.3) is 0 Å². The zero-order valence-corrected chi connectivity index (χ0v) is 19.4. The highest BCUT2D eigenvalue weighted by molar-refractivity contribution is 7.71. The van der Waals surface area contributed by atoms with E-state index < -0.39 is 0 Å². The summed E-state index contributed by atoms with van der Waals surface area (Å²) in [6, 6.07) is 8.56. The fourth-order valence-corrected chi connectivity index (χ4v) is 5.90. The summed E-state index contributed by atoms with van der Waals surface area (Å²) in [5.41, 5.74) is 2.39. The molecule has 4 fully saturated rings. The number of piperidine rings is 2. The molecule has 6 rings (SSSR count). The Morgan fingerprint density at radius 2 is 1.03 bits per heavy atom. The molecule has 2 spiro atoms. The van der Waals surface area contributed by atoms with Gasteiger partial charge in [-0.15, -0.1) is 0 Å². The smallest absolute Gasteiger partial charge is 0.183 e. The third-order valence-electron chi connectivity index (χ3n) is 7.47. The third kappa shape index (κ3) is 3.83. The lowest BCUT2D eigenvalue weighted by atomic mass is 10.0. The average molecular weight is 461 g/mol. The summed E-state index contributed by atoms with van der Waals surface area (Å²) >= 11 is 6.01. The highest BCUT2D eigenvalue weighted by Crippen LogP contribution is 2.33. The standard InChI is InChI=1S/C23H32N4O4S/c32-21-26(17-24-9-5-22(6-10-24)28-13-14-29-22)19-3-1-2-4-20(19)27(21)18-25-11-7-23(8-12-25)30-15-16-31-23/h1-4H,5-18H2. The Morgan fingerprint density at radius 3 is 1.41 bits per heavy atom. The normalized spacial score (nSPS) is 26.0. The van der Waals surface area contributed by atoms with Crippen LogP contribution in [0.15, 0.2) is 24.3 Å². The first-order valence-corrected chi connectivity index (χ1v) is 12.2. The molecular weight excluding hydrogens is 428 g/mol. The average Bonchev–Trinajstić information content (AvgIpc) is 3.53. The number of ether oxygens (including phenoxy) is 4. The highest BCUT2D eigenvalue weighted by atomic mass is 32.1. The monoisotopic (exact) mass is 460 g/mol. The van der Waals surface area contributed by atoms with Crippen molar-refractivity contribution in [3.63, 3.8) is 0 Å². The van der Waals surface area contributed by atoms with Crippen molar-refractivity contribution in [1.82, 2.24) is 18.9 Å². The number of rotatable bonds is 4. The van der Waals surface area contributed by atoms with Gasteiger partial charge in [-0.05, 0) is 24.4 Å². The Morgan fingerprint density at radius 1 is 0.656 bits per heavy atom. The topological polar surface area (TPSA) is 53.3 Å². The first-order chi connectivity index (χ1) is 15.7. The third-order valence-corrected chi connectivity index (χ3v) is 7.91.